The number of methoxy groups -OCH3 is 1. The Bertz CT molecular complexity index is 858. The fourth-order valence-corrected chi connectivity index (χ4v) is 4.30. The number of nitrogens with one attached hydrogen (secondary N) is 1. The first-order chi connectivity index (χ1) is 13.1. The quantitative estimate of drug-likeness (QED) is 0.623. The third kappa shape index (κ3) is 5.15. The number of carbonyl (C=O) groups is 1. The number of amides is 1. The average Bonchev–Trinajstić information content (AvgIpc) is 3.33. The number of hydrogen-bond acceptors (Lipinski definition) is 6. The molecule has 142 valence electrons. The van der Waals surface area contributed by atoms with Gasteiger partial charge in [0.2, 0.25) is 5.91 Å². The highest BCUT2D eigenvalue weighted by Crippen LogP contribution is 2.26. The summed E-state index contributed by atoms with van der Waals surface area (Å²) in [5.41, 5.74) is 3.06. The van der Waals surface area contributed by atoms with E-state index in [9.17, 15) is 4.79 Å². The Morgan fingerprint density at radius 1 is 1.22 bits per heavy atom. The standard InChI is InChI=1S/C20H23N3O2S2/c1-23(2)18(14-4-6-17(25-3)7-5-14)11-21-19(24)10-16-13-27-20(22-16)15-8-9-26-12-15/h4-9,12-13,18H,10-11H2,1-3H3,(H,21,24). The van der Waals surface area contributed by atoms with Crippen molar-refractivity contribution < 1.29 is 9.53 Å². The van der Waals surface area contributed by atoms with Crippen molar-refractivity contribution in [3.63, 3.8) is 0 Å². The first-order valence-corrected chi connectivity index (χ1v) is 10.4. The molecular weight excluding hydrogens is 378 g/mol. The van der Waals surface area contributed by atoms with Crippen molar-refractivity contribution in [3.8, 4) is 16.3 Å². The summed E-state index contributed by atoms with van der Waals surface area (Å²) in [5, 5.41) is 10.1. The van der Waals surface area contributed by atoms with Crippen molar-refractivity contribution in [1.82, 2.24) is 15.2 Å². The predicted molar refractivity (Wildman–Crippen MR) is 112 cm³/mol. The van der Waals surface area contributed by atoms with Gasteiger partial charge in [-0.15, -0.1) is 11.3 Å². The molecular formula is C20H23N3O2S2. The summed E-state index contributed by atoms with van der Waals surface area (Å²) < 4.78 is 5.21. The highest BCUT2D eigenvalue weighted by atomic mass is 32.1. The van der Waals surface area contributed by atoms with E-state index < -0.39 is 0 Å². The molecule has 0 bridgehead atoms. The maximum Gasteiger partial charge on any atom is 0.226 e. The van der Waals surface area contributed by atoms with Crippen LogP contribution in [0.4, 0.5) is 0 Å². The number of nitrogens with zero attached hydrogens (tertiary/aromatic N) is 2. The molecule has 1 amide bonds. The number of carbonyl (C=O) groups excluding carboxylic acids is 1. The van der Waals surface area contributed by atoms with E-state index in [0.717, 1.165) is 27.6 Å². The van der Waals surface area contributed by atoms with Crippen LogP contribution >= 0.6 is 22.7 Å². The molecule has 0 aliphatic heterocycles. The molecule has 0 aliphatic rings. The maximum atomic E-state index is 12.4. The van der Waals surface area contributed by atoms with Gasteiger partial charge in [0, 0.05) is 22.9 Å². The van der Waals surface area contributed by atoms with Gasteiger partial charge in [-0.1, -0.05) is 12.1 Å². The van der Waals surface area contributed by atoms with E-state index in [1.165, 1.54) is 0 Å². The molecule has 5 nitrogen and oxygen atoms in total. The topological polar surface area (TPSA) is 54.5 Å². The summed E-state index contributed by atoms with van der Waals surface area (Å²) in [6.45, 7) is 0.541. The van der Waals surface area contributed by atoms with Crippen molar-refractivity contribution in [3.05, 3.63) is 57.7 Å². The summed E-state index contributed by atoms with van der Waals surface area (Å²) in [7, 11) is 5.67. The van der Waals surface area contributed by atoms with E-state index in [2.05, 4.69) is 20.6 Å². The van der Waals surface area contributed by atoms with Crippen LogP contribution in [-0.4, -0.2) is 43.5 Å². The van der Waals surface area contributed by atoms with Gasteiger partial charge < -0.3 is 15.0 Å². The molecule has 2 heterocycles. The summed E-state index contributed by atoms with van der Waals surface area (Å²) in [5.74, 6) is 0.808. The van der Waals surface area contributed by atoms with Gasteiger partial charge in [0.05, 0.1) is 25.3 Å². The molecule has 0 saturated carbocycles. The molecule has 7 heteroatoms. The van der Waals surface area contributed by atoms with E-state index in [4.69, 9.17) is 4.74 Å². The largest absolute Gasteiger partial charge is 0.497 e. The fourth-order valence-electron chi connectivity index (χ4n) is 2.77. The Labute approximate surface area is 167 Å². The smallest absolute Gasteiger partial charge is 0.226 e. The Kier molecular flexibility index (Phi) is 6.60. The second-order valence-corrected chi connectivity index (χ2v) is 8.03. The summed E-state index contributed by atoms with van der Waals surface area (Å²) in [6.07, 6.45) is 0.295. The summed E-state index contributed by atoms with van der Waals surface area (Å²) >= 11 is 3.22. The van der Waals surface area contributed by atoms with Gasteiger partial charge in [-0.05, 0) is 43.2 Å². The maximum absolute atomic E-state index is 12.4. The molecule has 0 spiro atoms. The van der Waals surface area contributed by atoms with Crippen molar-refractivity contribution in [2.75, 3.05) is 27.7 Å². The first kappa shape index (κ1) is 19.5. The van der Waals surface area contributed by atoms with Gasteiger partial charge in [0.25, 0.3) is 0 Å². The number of benzene rings is 1. The van der Waals surface area contributed by atoms with Crippen LogP contribution in [0.2, 0.25) is 0 Å². The lowest BCUT2D eigenvalue weighted by Crippen LogP contribution is -2.35. The SMILES string of the molecule is COc1ccc(C(CNC(=O)Cc2csc(-c3ccsc3)n2)N(C)C)cc1. The number of aromatic nitrogens is 1. The van der Waals surface area contributed by atoms with Crippen molar-refractivity contribution >= 4 is 28.6 Å². The second-order valence-electron chi connectivity index (χ2n) is 6.39. The number of thiophene rings is 1. The van der Waals surface area contributed by atoms with Gasteiger partial charge in [-0.25, -0.2) is 4.98 Å². The van der Waals surface area contributed by atoms with Crippen LogP contribution in [0.15, 0.2) is 46.5 Å². The second kappa shape index (κ2) is 9.12. The van der Waals surface area contributed by atoms with Crippen LogP contribution in [0.5, 0.6) is 5.75 Å². The van der Waals surface area contributed by atoms with Crippen LogP contribution in [-0.2, 0) is 11.2 Å². The molecule has 3 aromatic rings. The molecule has 3 rings (SSSR count). The lowest BCUT2D eigenvalue weighted by molar-refractivity contribution is -0.120. The minimum absolute atomic E-state index is 0.0162. The van der Waals surface area contributed by atoms with E-state index in [1.807, 2.05) is 55.2 Å². The number of hydrogen-bond donors (Lipinski definition) is 1. The van der Waals surface area contributed by atoms with Crippen LogP contribution in [0.3, 0.4) is 0 Å². The molecule has 0 aliphatic carbocycles. The Morgan fingerprint density at radius 2 is 2.00 bits per heavy atom. The summed E-state index contributed by atoms with van der Waals surface area (Å²) in [6, 6.07) is 10.1. The first-order valence-electron chi connectivity index (χ1n) is 8.61. The molecule has 2 aromatic heterocycles. The molecule has 1 atom stereocenters. The molecule has 27 heavy (non-hydrogen) atoms. The van der Waals surface area contributed by atoms with E-state index >= 15 is 0 Å². The van der Waals surface area contributed by atoms with Crippen LogP contribution in [0.25, 0.3) is 10.6 Å². The molecule has 1 aromatic carbocycles. The normalized spacial score (nSPS) is 12.1. The number of rotatable bonds is 8. The van der Waals surface area contributed by atoms with Gasteiger partial charge in [-0.2, -0.15) is 11.3 Å². The van der Waals surface area contributed by atoms with Crippen LogP contribution in [0, 0.1) is 0 Å². The zero-order chi connectivity index (χ0) is 19.2. The lowest BCUT2D eigenvalue weighted by Gasteiger charge is -2.25. The molecule has 0 saturated heterocycles. The Hall–Kier alpha value is -2.22. The molecule has 0 fully saturated rings. The number of thiazole rings is 1. The Balaban J connectivity index is 1.57. The van der Waals surface area contributed by atoms with E-state index in [1.54, 1.807) is 29.8 Å². The average molecular weight is 402 g/mol. The monoisotopic (exact) mass is 401 g/mol. The third-order valence-electron chi connectivity index (χ3n) is 4.28. The highest BCUT2D eigenvalue weighted by molar-refractivity contribution is 7.14. The molecule has 1 unspecified atom stereocenters. The highest BCUT2D eigenvalue weighted by Gasteiger charge is 2.16. The minimum Gasteiger partial charge on any atom is -0.497 e. The zero-order valence-electron chi connectivity index (χ0n) is 15.6. The van der Waals surface area contributed by atoms with Crippen molar-refractivity contribution in [1.29, 1.82) is 0 Å². The molecule has 1 N–H and O–H groups in total. The lowest BCUT2D eigenvalue weighted by atomic mass is 10.1. The van der Waals surface area contributed by atoms with Gasteiger partial charge in [0.15, 0.2) is 0 Å². The number of ether oxygens (including phenoxy) is 1. The van der Waals surface area contributed by atoms with Crippen molar-refractivity contribution in [2.24, 2.45) is 0 Å². The van der Waals surface area contributed by atoms with Crippen LogP contribution < -0.4 is 10.1 Å². The zero-order valence-corrected chi connectivity index (χ0v) is 17.3. The third-order valence-corrected chi connectivity index (χ3v) is 5.90. The van der Waals surface area contributed by atoms with E-state index in [-0.39, 0.29) is 11.9 Å². The van der Waals surface area contributed by atoms with Gasteiger partial charge in [0.1, 0.15) is 10.8 Å². The van der Waals surface area contributed by atoms with Crippen LogP contribution in [0.1, 0.15) is 17.3 Å². The Morgan fingerprint density at radius 3 is 2.63 bits per heavy atom. The minimum atomic E-state index is -0.0162. The molecule has 0 radical (unpaired) electrons. The van der Waals surface area contributed by atoms with Crippen molar-refractivity contribution in [2.45, 2.75) is 12.5 Å². The fraction of sp³-hybridized carbons (Fsp3) is 0.300. The number of likely N-dealkylation sites (N-methyl/N-ethyl adjacent to an activating group) is 1. The summed E-state index contributed by atoms with van der Waals surface area (Å²) in [4.78, 5) is 19.1. The van der Waals surface area contributed by atoms with Gasteiger partial charge in [-0.3, -0.25) is 4.79 Å². The van der Waals surface area contributed by atoms with Gasteiger partial charge >= 0.3 is 0 Å². The van der Waals surface area contributed by atoms with E-state index in [0.29, 0.717) is 13.0 Å². The predicted octanol–water partition coefficient (Wildman–Crippen LogP) is 3.84.